The summed E-state index contributed by atoms with van der Waals surface area (Å²) in [7, 11) is 0. The Kier molecular flexibility index (Phi) is 4.03. The number of nitrogens with zero attached hydrogens (tertiary/aromatic N) is 3. The van der Waals surface area contributed by atoms with Gasteiger partial charge >= 0.3 is 0 Å². The topological polar surface area (TPSA) is 62.7 Å². The first-order valence-corrected chi connectivity index (χ1v) is 7.85. The highest BCUT2D eigenvalue weighted by Gasteiger charge is 2.17. The highest BCUT2D eigenvalue weighted by Crippen LogP contribution is 2.31. The molecule has 5 heteroatoms. The number of thioether (sulfide) groups is 1. The zero-order valence-corrected chi connectivity index (χ0v) is 11.9. The highest BCUT2D eigenvalue weighted by atomic mass is 32.2. The van der Waals surface area contributed by atoms with E-state index in [1.807, 2.05) is 23.9 Å². The first-order chi connectivity index (χ1) is 9.85. The van der Waals surface area contributed by atoms with Crippen molar-refractivity contribution in [3.05, 3.63) is 35.7 Å². The predicted molar refractivity (Wildman–Crippen MR) is 78.0 cm³/mol. The van der Waals surface area contributed by atoms with Crippen LogP contribution in [0.3, 0.4) is 0 Å². The number of aromatic nitrogens is 2. The van der Waals surface area contributed by atoms with Gasteiger partial charge in [-0.15, -0.1) is 0 Å². The van der Waals surface area contributed by atoms with Gasteiger partial charge in [-0.05, 0) is 31.0 Å². The fraction of sp³-hybridized carbons (Fsp3) is 0.400. The molecule has 0 bridgehead atoms. The van der Waals surface area contributed by atoms with E-state index >= 15 is 0 Å². The molecule has 0 aliphatic heterocycles. The van der Waals surface area contributed by atoms with Gasteiger partial charge in [0, 0.05) is 10.8 Å². The summed E-state index contributed by atoms with van der Waals surface area (Å²) in [4.78, 5) is 4.41. The predicted octanol–water partition coefficient (Wildman–Crippen LogP) is 3.78. The van der Waals surface area contributed by atoms with Crippen LogP contribution < -0.4 is 0 Å². The summed E-state index contributed by atoms with van der Waals surface area (Å²) in [6, 6.07) is 9.34. The molecule has 0 spiro atoms. The monoisotopic (exact) mass is 285 g/mol. The molecule has 102 valence electrons. The molecular weight excluding hydrogens is 270 g/mol. The fourth-order valence-electron chi connectivity index (χ4n) is 2.40. The van der Waals surface area contributed by atoms with Gasteiger partial charge in [0.25, 0.3) is 5.89 Å². The second-order valence-corrected chi connectivity index (χ2v) is 6.21. The molecule has 0 amide bonds. The van der Waals surface area contributed by atoms with Crippen LogP contribution in [0.25, 0.3) is 11.5 Å². The Morgan fingerprint density at radius 3 is 3.00 bits per heavy atom. The van der Waals surface area contributed by atoms with Gasteiger partial charge in [-0.3, -0.25) is 0 Å². The lowest BCUT2D eigenvalue weighted by Crippen LogP contribution is -1.95. The van der Waals surface area contributed by atoms with Crippen molar-refractivity contribution >= 4 is 11.8 Å². The van der Waals surface area contributed by atoms with Crippen molar-refractivity contribution in [3.8, 4) is 17.5 Å². The highest BCUT2D eigenvalue weighted by molar-refractivity contribution is 7.99. The number of nitriles is 1. The normalized spacial score (nSPS) is 15.3. The molecule has 0 radical (unpaired) electrons. The smallest absolute Gasteiger partial charge is 0.257 e. The summed E-state index contributed by atoms with van der Waals surface area (Å²) >= 11 is 1.92. The minimum Gasteiger partial charge on any atom is -0.334 e. The van der Waals surface area contributed by atoms with Gasteiger partial charge in [-0.1, -0.05) is 24.1 Å². The number of hydrogen-bond acceptors (Lipinski definition) is 5. The summed E-state index contributed by atoms with van der Waals surface area (Å²) in [6.45, 7) is 0. The summed E-state index contributed by atoms with van der Waals surface area (Å²) in [5.74, 6) is 2.02. The van der Waals surface area contributed by atoms with E-state index in [4.69, 9.17) is 9.78 Å². The number of benzene rings is 1. The number of rotatable bonds is 4. The lowest BCUT2D eigenvalue weighted by molar-refractivity contribution is 0.425. The Balaban J connectivity index is 1.68. The Morgan fingerprint density at radius 1 is 1.35 bits per heavy atom. The van der Waals surface area contributed by atoms with Crippen LogP contribution >= 0.6 is 11.8 Å². The lowest BCUT2D eigenvalue weighted by Gasteiger charge is -2.04. The Hall–Kier alpha value is -1.80. The maximum absolute atomic E-state index is 8.90. The molecule has 3 rings (SSSR count). The Morgan fingerprint density at radius 2 is 2.20 bits per heavy atom. The maximum Gasteiger partial charge on any atom is 0.257 e. The van der Waals surface area contributed by atoms with Crippen LogP contribution in [-0.4, -0.2) is 15.4 Å². The van der Waals surface area contributed by atoms with Crippen LogP contribution in [-0.2, 0) is 5.75 Å². The third kappa shape index (κ3) is 3.02. The van der Waals surface area contributed by atoms with Crippen molar-refractivity contribution in [3.63, 3.8) is 0 Å². The first-order valence-electron chi connectivity index (χ1n) is 6.80. The molecule has 1 heterocycles. The van der Waals surface area contributed by atoms with Crippen LogP contribution in [0, 0.1) is 11.3 Å². The van der Waals surface area contributed by atoms with Gasteiger partial charge in [0.15, 0.2) is 5.82 Å². The van der Waals surface area contributed by atoms with Gasteiger partial charge in [-0.2, -0.15) is 22.0 Å². The van der Waals surface area contributed by atoms with Crippen molar-refractivity contribution in [1.82, 2.24) is 10.1 Å². The third-order valence-corrected chi connectivity index (χ3v) is 4.82. The van der Waals surface area contributed by atoms with Crippen molar-refractivity contribution < 1.29 is 4.52 Å². The van der Waals surface area contributed by atoms with Gasteiger partial charge in [-0.25, -0.2) is 0 Å². The molecule has 2 aromatic rings. The molecule has 0 N–H and O–H groups in total. The molecule has 1 saturated carbocycles. The Bertz CT molecular complexity index is 626. The van der Waals surface area contributed by atoms with Gasteiger partial charge in [0.05, 0.1) is 17.4 Å². The first kappa shape index (κ1) is 13.2. The molecule has 1 aliphatic rings. The maximum atomic E-state index is 8.90. The minimum atomic E-state index is 0.490. The second kappa shape index (κ2) is 6.10. The standard InChI is InChI=1S/C15H15N3OS/c16-9-11-4-3-5-12(8-11)15-17-14(18-19-15)10-20-13-6-1-2-7-13/h3-5,8,13H,1-2,6-7,10H2. The largest absolute Gasteiger partial charge is 0.334 e. The quantitative estimate of drug-likeness (QED) is 0.855. The summed E-state index contributed by atoms with van der Waals surface area (Å²) < 4.78 is 5.28. The summed E-state index contributed by atoms with van der Waals surface area (Å²) in [6.07, 6.45) is 5.30. The van der Waals surface area contributed by atoms with Crippen molar-refractivity contribution in [1.29, 1.82) is 5.26 Å². The van der Waals surface area contributed by atoms with Gasteiger partial charge in [0.1, 0.15) is 0 Å². The SMILES string of the molecule is N#Cc1cccc(-c2nc(CSC3CCCC3)no2)c1. The van der Waals surface area contributed by atoms with E-state index in [2.05, 4.69) is 16.2 Å². The molecule has 1 aromatic heterocycles. The van der Waals surface area contributed by atoms with E-state index in [0.717, 1.165) is 22.4 Å². The third-order valence-electron chi connectivity index (χ3n) is 3.46. The van der Waals surface area contributed by atoms with E-state index in [0.29, 0.717) is 11.5 Å². The molecule has 0 unspecified atom stereocenters. The van der Waals surface area contributed by atoms with Crippen molar-refractivity contribution in [2.45, 2.75) is 36.7 Å². The van der Waals surface area contributed by atoms with E-state index in [1.165, 1.54) is 25.7 Å². The van der Waals surface area contributed by atoms with Crippen molar-refractivity contribution in [2.75, 3.05) is 0 Å². The zero-order valence-electron chi connectivity index (χ0n) is 11.1. The molecule has 0 saturated heterocycles. The average molecular weight is 285 g/mol. The Labute approximate surface area is 122 Å². The van der Waals surface area contributed by atoms with Gasteiger partial charge < -0.3 is 4.52 Å². The summed E-state index contributed by atoms with van der Waals surface area (Å²) in [5, 5.41) is 13.7. The average Bonchev–Trinajstić information content (AvgIpc) is 3.16. The summed E-state index contributed by atoms with van der Waals surface area (Å²) in [5.41, 5.74) is 1.40. The van der Waals surface area contributed by atoms with Crippen LogP contribution in [0.2, 0.25) is 0 Å². The minimum absolute atomic E-state index is 0.490. The van der Waals surface area contributed by atoms with E-state index in [9.17, 15) is 0 Å². The molecule has 0 atom stereocenters. The van der Waals surface area contributed by atoms with E-state index < -0.39 is 0 Å². The lowest BCUT2D eigenvalue weighted by atomic mass is 10.1. The molecule has 1 fully saturated rings. The number of hydrogen-bond donors (Lipinski definition) is 0. The van der Waals surface area contributed by atoms with Crippen molar-refractivity contribution in [2.24, 2.45) is 0 Å². The van der Waals surface area contributed by atoms with E-state index in [-0.39, 0.29) is 0 Å². The van der Waals surface area contributed by atoms with Gasteiger partial charge in [0.2, 0.25) is 0 Å². The van der Waals surface area contributed by atoms with Crippen LogP contribution in [0.4, 0.5) is 0 Å². The molecule has 1 aromatic carbocycles. The molecular formula is C15H15N3OS. The van der Waals surface area contributed by atoms with E-state index in [1.54, 1.807) is 12.1 Å². The van der Waals surface area contributed by atoms with Crippen LogP contribution in [0.5, 0.6) is 0 Å². The fourth-order valence-corrected chi connectivity index (χ4v) is 3.57. The van der Waals surface area contributed by atoms with Crippen LogP contribution in [0.15, 0.2) is 28.8 Å². The van der Waals surface area contributed by atoms with Crippen LogP contribution in [0.1, 0.15) is 37.1 Å². The molecule has 1 aliphatic carbocycles. The molecule has 20 heavy (non-hydrogen) atoms. The second-order valence-electron chi connectivity index (χ2n) is 4.93. The molecule has 4 nitrogen and oxygen atoms in total. The zero-order chi connectivity index (χ0) is 13.8.